The SMILES string of the molecule is CC(Nc1cccc(NN)c1[N+](=O)[O-])c1ccccc1. The molecule has 0 radical (unpaired) electrons. The molecule has 2 aromatic carbocycles. The van der Waals surface area contributed by atoms with Crippen molar-refractivity contribution in [3.8, 4) is 0 Å². The van der Waals surface area contributed by atoms with E-state index in [4.69, 9.17) is 5.84 Å². The molecule has 6 nitrogen and oxygen atoms in total. The van der Waals surface area contributed by atoms with Crippen LogP contribution < -0.4 is 16.6 Å². The Kier molecular flexibility index (Phi) is 4.17. The zero-order valence-corrected chi connectivity index (χ0v) is 11.0. The minimum absolute atomic E-state index is 0.0528. The third kappa shape index (κ3) is 2.86. The maximum atomic E-state index is 11.2. The molecule has 0 aliphatic heterocycles. The second-order valence-electron chi connectivity index (χ2n) is 4.38. The number of hydrazine groups is 1. The normalized spacial score (nSPS) is 11.7. The van der Waals surface area contributed by atoms with Crippen molar-refractivity contribution >= 4 is 17.1 Å². The zero-order chi connectivity index (χ0) is 14.5. The monoisotopic (exact) mass is 272 g/mol. The highest BCUT2D eigenvalue weighted by Crippen LogP contribution is 2.34. The third-order valence-corrected chi connectivity index (χ3v) is 3.05. The lowest BCUT2D eigenvalue weighted by Crippen LogP contribution is -2.12. The summed E-state index contributed by atoms with van der Waals surface area (Å²) in [6, 6.07) is 14.6. The van der Waals surface area contributed by atoms with Crippen LogP contribution in [0.2, 0.25) is 0 Å². The minimum atomic E-state index is -0.449. The van der Waals surface area contributed by atoms with Crippen LogP contribution in [0.1, 0.15) is 18.5 Å². The molecule has 0 aromatic heterocycles. The van der Waals surface area contributed by atoms with Gasteiger partial charge in [0.25, 0.3) is 0 Å². The number of rotatable bonds is 5. The summed E-state index contributed by atoms with van der Waals surface area (Å²) < 4.78 is 0. The van der Waals surface area contributed by atoms with Crippen molar-refractivity contribution in [2.75, 3.05) is 10.7 Å². The topological polar surface area (TPSA) is 93.2 Å². The maximum Gasteiger partial charge on any atom is 0.316 e. The Balaban J connectivity index is 2.32. The van der Waals surface area contributed by atoms with Crippen LogP contribution in [0.15, 0.2) is 48.5 Å². The molecule has 0 saturated carbocycles. The molecule has 0 fully saturated rings. The lowest BCUT2D eigenvalue weighted by atomic mass is 10.1. The van der Waals surface area contributed by atoms with Gasteiger partial charge in [0, 0.05) is 6.04 Å². The van der Waals surface area contributed by atoms with Gasteiger partial charge in [-0.3, -0.25) is 16.0 Å². The van der Waals surface area contributed by atoms with Crippen LogP contribution in [-0.2, 0) is 0 Å². The predicted octanol–water partition coefficient (Wildman–Crippen LogP) is 3.05. The van der Waals surface area contributed by atoms with Crippen LogP contribution >= 0.6 is 0 Å². The summed E-state index contributed by atoms with van der Waals surface area (Å²) in [6.45, 7) is 1.95. The number of para-hydroxylation sites is 1. The summed E-state index contributed by atoms with van der Waals surface area (Å²) in [5.41, 5.74) is 4.05. The van der Waals surface area contributed by atoms with E-state index in [1.807, 2.05) is 37.3 Å². The predicted molar refractivity (Wildman–Crippen MR) is 79.4 cm³/mol. The highest BCUT2D eigenvalue weighted by Gasteiger charge is 2.20. The number of nitrogen functional groups attached to an aromatic ring is 1. The van der Waals surface area contributed by atoms with Crippen molar-refractivity contribution < 1.29 is 4.92 Å². The fraction of sp³-hybridized carbons (Fsp3) is 0.143. The zero-order valence-electron chi connectivity index (χ0n) is 11.0. The first kappa shape index (κ1) is 13.8. The Morgan fingerprint density at radius 2 is 1.75 bits per heavy atom. The van der Waals surface area contributed by atoms with Gasteiger partial charge in [-0.25, -0.2) is 0 Å². The van der Waals surface area contributed by atoms with Gasteiger partial charge in [0.15, 0.2) is 0 Å². The molecule has 104 valence electrons. The second kappa shape index (κ2) is 6.03. The summed E-state index contributed by atoms with van der Waals surface area (Å²) in [6.07, 6.45) is 0. The molecule has 0 aliphatic carbocycles. The fourth-order valence-corrected chi connectivity index (χ4v) is 2.03. The first-order valence-electron chi connectivity index (χ1n) is 6.19. The molecule has 0 aliphatic rings. The van der Waals surface area contributed by atoms with Crippen molar-refractivity contribution in [2.24, 2.45) is 5.84 Å². The smallest absolute Gasteiger partial charge is 0.316 e. The van der Waals surface area contributed by atoms with Gasteiger partial charge in [-0.15, -0.1) is 0 Å². The van der Waals surface area contributed by atoms with Gasteiger partial charge in [-0.2, -0.15) is 0 Å². The summed E-state index contributed by atoms with van der Waals surface area (Å²) in [7, 11) is 0. The molecular formula is C14H16N4O2. The lowest BCUT2D eigenvalue weighted by molar-refractivity contribution is -0.383. The van der Waals surface area contributed by atoms with E-state index in [-0.39, 0.29) is 17.4 Å². The molecule has 2 aromatic rings. The minimum Gasteiger partial charge on any atom is -0.373 e. The van der Waals surface area contributed by atoms with Gasteiger partial charge in [-0.1, -0.05) is 36.4 Å². The van der Waals surface area contributed by atoms with Gasteiger partial charge in [-0.05, 0) is 24.6 Å². The molecular weight excluding hydrogens is 256 g/mol. The van der Waals surface area contributed by atoms with E-state index in [0.717, 1.165) is 5.56 Å². The number of hydrogen-bond acceptors (Lipinski definition) is 5. The molecule has 0 saturated heterocycles. The second-order valence-corrected chi connectivity index (χ2v) is 4.38. The van der Waals surface area contributed by atoms with Crippen LogP contribution in [0.5, 0.6) is 0 Å². The first-order chi connectivity index (χ1) is 9.63. The van der Waals surface area contributed by atoms with Gasteiger partial charge in [0.1, 0.15) is 11.4 Å². The molecule has 0 amide bonds. The standard InChI is InChI=1S/C14H16N4O2/c1-10(11-6-3-2-4-7-11)16-12-8-5-9-13(17-15)14(12)18(19)20/h2-10,16-17H,15H2,1H3. The summed E-state index contributed by atoms with van der Waals surface area (Å²) >= 11 is 0. The molecule has 0 bridgehead atoms. The third-order valence-electron chi connectivity index (χ3n) is 3.05. The number of nitro benzene ring substituents is 1. The molecule has 0 spiro atoms. The van der Waals surface area contributed by atoms with Gasteiger partial charge < -0.3 is 10.7 Å². The fourth-order valence-electron chi connectivity index (χ4n) is 2.03. The van der Waals surface area contributed by atoms with Crippen LogP contribution in [0, 0.1) is 10.1 Å². The van der Waals surface area contributed by atoms with Crippen molar-refractivity contribution in [2.45, 2.75) is 13.0 Å². The van der Waals surface area contributed by atoms with Crippen LogP contribution in [0.3, 0.4) is 0 Å². The van der Waals surface area contributed by atoms with Crippen molar-refractivity contribution in [3.63, 3.8) is 0 Å². The van der Waals surface area contributed by atoms with Crippen molar-refractivity contribution in [1.82, 2.24) is 0 Å². The number of nitrogens with zero attached hydrogens (tertiary/aromatic N) is 1. The number of benzene rings is 2. The van der Waals surface area contributed by atoms with E-state index >= 15 is 0 Å². The van der Waals surface area contributed by atoms with Crippen molar-refractivity contribution in [3.05, 3.63) is 64.2 Å². The summed E-state index contributed by atoms with van der Waals surface area (Å²) in [5.74, 6) is 5.32. The number of anilines is 2. The lowest BCUT2D eigenvalue weighted by Gasteiger charge is -2.16. The van der Waals surface area contributed by atoms with Gasteiger partial charge in [0.05, 0.1) is 4.92 Å². The molecule has 20 heavy (non-hydrogen) atoms. The highest BCUT2D eigenvalue weighted by molar-refractivity contribution is 5.76. The first-order valence-corrected chi connectivity index (χ1v) is 6.19. The average molecular weight is 272 g/mol. The number of hydrogen-bond donors (Lipinski definition) is 3. The van der Waals surface area contributed by atoms with Crippen molar-refractivity contribution in [1.29, 1.82) is 0 Å². The van der Waals surface area contributed by atoms with Crippen LogP contribution in [0.25, 0.3) is 0 Å². The average Bonchev–Trinajstić information content (AvgIpc) is 2.47. The van der Waals surface area contributed by atoms with E-state index in [2.05, 4.69) is 10.7 Å². The summed E-state index contributed by atoms with van der Waals surface area (Å²) in [5, 5.41) is 14.3. The van der Waals surface area contributed by atoms with E-state index in [9.17, 15) is 10.1 Å². The van der Waals surface area contributed by atoms with Gasteiger partial charge >= 0.3 is 5.69 Å². The molecule has 1 unspecified atom stereocenters. The van der Waals surface area contributed by atoms with Gasteiger partial charge in [0.2, 0.25) is 0 Å². The number of nitrogens with two attached hydrogens (primary N) is 1. The van der Waals surface area contributed by atoms with E-state index < -0.39 is 4.92 Å². The Hall–Kier alpha value is -2.60. The highest BCUT2D eigenvalue weighted by atomic mass is 16.6. The summed E-state index contributed by atoms with van der Waals surface area (Å²) in [4.78, 5) is 10.7. The molecule has 0 heterocycles. The maximum absolute atomic E-state index is 11.2. The van der Waals surface area contributed by atoms with E-state index in [1.54, 1.807) is 18.2 Å². The Morgan fingerprint density at radius 3 is 2.35 bits per heavy atom. The molecule has 1 atom stereocenters. The van der Waals surface area contributed by atoms with E-state index in [1.165, 1.54) is 0 Å². The molecule has 6 heteroatoms. The Labute approximate surface area is 116 Å². The number of nitrogens with one attached hydrogen (secondary N) is 2. The molecule has 4 N–H and O–H groups in total. The van der Waals surface area contributed by atoms with Crippen LogP contribution in [0.4, 0.5) is 17.1 Å². The Bertz CT molecular complexity index is 601. The number of nitro groups is 1. The quantitative estimate of drug-likeness (QED) is 0.442. The largest absolute Gasteiger partial charge is 0.373 e. The Morgan fingerprint density at radius 1 is 1.10 bits per heavy atom. The molecule has 2 rings (SSSR count). The van der Waals surface area contributed by atoms with E-state index in [0.29, 0.717) is 5.69 Å². The van der Waals surface area contributed by atoms with Crippen LogP contribution in [-0.4, -0.2) is 4.92 Å².